The molecule has 1 aliphatic rings. The largest absolute Gasteiger partial charge is 0.437 e. The van der Waals surface area contributed by atoms with Gasteiger partial charge in [0.05, 0.1) is 6.20 Å². The zero-order valence-corrected chi connectivity index (χ0v) is 11.5. The zero-order valence-electron chi connectivity index (χ0n) is 11.5. The van der Waals surface area contributed by atoms with Crippen molar-refractivity contribution >= 4 is 5.91 Å². The lowest BCUT2D eigenvalue weighted by Crippen LogP contribution is -2.46. The van der Waals surface area contributed by atoms with E-state index in [-0.39, 0.29) is 5.91 Å². The van der Waals surface area contributed by atoms with Crippen LogP contribution in [0.5, 0.6) is 11.6 Å². The van der Waals surface area contributed by atoms with E-state index in [1.165, 1.54) is 6.20 Å². The van der Waals surface area contributed by atoms with Crippen molar-refractivity contribution in [1.82, 2.24) is 20.2 Å². The number of hydrogen-bond donors (Lipinski definition) is 1. The first kappa shape index (κ1) is 13.5. The van der Waals surface area contributed by atoms with Crippen LogP contribution in [-0.2, 0) is 0 Å². The van der Waals surface area contributed by atoms with Gasteiger partial charge >= 0.3 is 0 Å². The molecule has 1 aliphatic heterocycles. The van der Waals surface area contributed by atoms with E-state index < -0.39 is 0 Å². The smallest absolute Gasteiger partial charge is 0.254 e. The van der Waals surface area contributed by atoms with Crippen molar-refractivity contribution in [2.45, 2.75) is 0 Å². The number of aromatic nitrogens is 2. The lowest BCUT2D eigenvalue weighted by molar-refractivity contribution is 0.0735. The molecule has 1 fully saturated rings. The molecule has 0 unspecified atom stereocenters. The Morgan fingerprint density at radius 1 is 1.24 bits per heavy atom. The minimum Gasteiger partial charge on any atom is -0.437 e. The topological polar surface area (TPSA) is 67.3 Å². The molecule has 1 amide bonds. The van der Waals surface area contributed by atoms with Gasteiger partial charge in [0.2, 0.25) is 5.88 Å². The first-order valence-corrected chi connectivity index (χ1v) is 6.87. The third kappa shape index (κ3) is 3.35. The highest BCUT2D eigenvalue weighted by Gasteiger charge is 2.18. The van der Waals surface area contributed by atoms with Crippen LogP contribution in [0.2, 0.25) is 0 Å². The number of piperazine rings is 1. The molecular weight excluding hydrogens is 268 g/mol. The molecule has 0 saturated carbocycles. The Balaban J connectivity index is 1.75. The third-order valence-electron chi connectivity index (χ3n) is 3.25. The van der Waals surface area contributed by atoms with E-state index in [0.717, 1.165) is 26.2 Å². The van der Waals surface area contributed by atoms with E-state index in [2.05, 4.69) is 15.3 Å². The lowest BCUT2D eigenvalue weighted by atomic mass is 10.1. The van der Waals surface area contributed by atoms with Crippen LogP contribution in [0.25, 0.3) is 0 Å². The number of rotatable bonds is 3. The Morgan fingerprint density at radius 3 is 2.86 bits per heavy atom. The van der Waals surface area contributed by atoms with Crippen LogP contribution >= 0.6 is 0 Å². The van der Waals surface area contributed by atoms with Crippen molar-refractivity contribution in [3.8, 4) is 11.6 Å². The van der Waals surface area contributed by atoms with Crippen LogP contribution in [0.1, 0.15) is 10.4 Å². The van der Waals surface area contributed by atoms with Crippen molar-refractivity contribution < 1.29 is 9.53 Å². The number of nitrogens with one attached hydrogen (secondary N) is 1. The van der Waals surface area contributed by atoms with Crippen LogP contribution in [-0.4, -0.2) is 47.0 Å². The lowest BCUT2D eigenvalue weighted by Gasteiger charge is -2.27. The Bertz CT molecular complexity index is 612. The third-order valence-corrected chi connectivity index (χ3v) is 3.25. The molecular formula is C15H16N4O2. The van der Waals surface area contributed by atoms with Gasteiger partial charge in [-0.3, -0.25) is 9.78 Å². The van der Waals surface area contributed by atoms with Gasteiger partial charge < -0.3 is 15.0 Å². The fraction of sp³-hybridized carbons (Fsp3) is 0.267. The summed E-state index contributed by atoms with van der Waals surface area (Å²) in [6.07, 6.45) is 4.67. The summed E-state index contributed by atoms with van der Waals surface area (Å²) in [7, 11) is 0. The molecule has 0 bridgehead atoms. The Labute approximate surface area is 122 Å². The Hall–Kier alpha value is -2.47. The van der Waals surface area contributed by atoms with Crippen molar-refractivity contribution in [2.75, 3.05) is 26.2 Å². The number of ether oxygens (including phenoxy) is 1. The normalized spacial score (nSPS) is 14.8. The number of hydrogen-bond acceptors (Lipinski definition) is 5. The van der Waals surface area contributed by atoms with Crippen LogP contribution in [0.15, 0.2) is 42.9 Å². The van der Waals surface area contributed by atoms with Gasteiger partial charge in [0.25, 0.3) is 5.91 Å². The molecule has 1 aromatic carbocycles. The van der Waals surface area contributed by atoms with E-state index in [1.54, 1.807) is 36.7 Å². The molecule has 0 aliphatic carbocycles. The van der Waals surface area contributed by atoms with E-state index >= 15 is 0 Å². The average molecular weight is 284 g/mol. The van der Waals surface area contributed by atoms with Gasteiger partial charge in [0, 0.05) is 44.1 Å². The van der Waals surface area contributed by atoms with Crippen molar-refractivity contribution in [2.24, 2.45) is 0 Å². The summed E-state index contributed by atoms with van der Waals surface area (Å²) in [5.41, 5.74) is 0.623. The molecule has 1 saturated heterocycles. The molecule has 2 aromatic rings. The van der Waals surface area contributed by atoms with Gasteiger partial charge in [-0.15, -0.1) is 0 Å². The first-order valence-electron chi connectivity index (χ1n) is 6.87. The van der Waals surface area contributed by atoms with Crippen LogP contribution in [0.4, 0.5) is 0 Å². The number of carbonyl (C=O) groups is 1. The zero-order chi connectivity index (χ0) is 14.5. The fourth-order valence-electron chi connectivity index (χ4n) is 2.20. The second-order valence-corrected chi connectivity index (χ2v) is 4.72. The summed E-state index contributed by atoms with van der Waals surface area (Å²) in [6, 6.07) is 7.14. The van der Waals surface area contributed by atoms with Crippen molar-refractivity contribution in [3.05, 3.63) is 48.4 Å². The maximum Gasteiger partial charge on any atom is 0.254 e. The number of nitrogens with zero attached hydrogens (tertiary/aromatic N) is 3. The van der Waals surface area contributed by atoms with Crippen molar-refractivity contribution in [3.63, 3.8) is 0 Å². The summed E-state index contributed by atoms with van der Waals surface area (Å²) in [4.78, 5) is 22.3. The molecule has 3 rings (SSSR count). The molecule has 0 radical (unpaired) electrons. The van der Waals surface area contributed by atoms with Gasteiger partial charge in [0.15, 0.2) is 0 Å². The van der Waals surface area contributed by atoms with Crippen molar-refractivity contribution in [1.29, 1.82) is 0 Å². The number of amides is 1. The Morgan fingerprint density at radius 2 is 2.10 bits per heavy atom. The highest BCUT2D eigenvalue weighted by Crippen LogP contribution is 2.20. The maximum absolute atomic E-state index is 12.4. The second-order valence-electron chi connectivity index (χ2n) is 4.72. The molecule has 6 nitrogen and oxygen atoms in total. The highest BCUT2D eigenvalue weighted by atomic mass is 16.5. The number of benzene rings is 1. The predicted octanol–water partition coefficient (Wildman–Crippen LogP) is 1.31. The van der Waals surface area contributed by atoms with Crippen LogP contribution < -0.4 is 10.1 Å². The molecule has 21 heavy (non-hydrogen) atoms. The minimum atomic E-state index is 0.0288. The summed E-state index contributed by atoms with van der Waals surface area (Å²) in [6.45, 7) is 3.13. The fourth-order valence-corrected chi connectivity index (χ4v) is 2.20. The van der Waals surface area contributed by atoms with Gasteiger partial charge in [-0.25, -0.2) is 4.98 Å². The summed E-state index contributed by atoms with van der Waals surface area (Å²) in [5, 5.41) is 3.23. The maximum atomic E-state index is 12.4. The van der Waals surface area contributed by atoms with Crippen LogP contribution in [0, 0.1) is 0 Å². The molecule has 1 aromatic heterocycles. The highest BCUT2D eigenvalue weighted by molar-refractivity contribution is 5.94. The van der Waals surface area contributed by atoms with E-state index in [0.29, 0.717) is 17.2 Å². The Kier molecular flexibility index (Phi) is 4.07. The quantitative estimate of drug-likeness (QED) is 0.920. The standard InChI is InChI=1S/C15H16N4O2/c20-15(19-8-6-16-7-9-19)12-2-1-3-13(10-12)21-14-11-17-4-5-18-14/h1-5,10-11,16H,6-9H2. The molecule has 1 N–H and O–H groups in total. The number of carbonyl (C=O) groups excluding carboxylic acids is 1. The monoisotopic (exact) mass is 284 g/mol. The van der Waals surface area contributed by atoms with Gasteiger partial charge in [-0.05, 0) is 18.2 Å². The summed E-state index contributed by atoms with van der Waals surface area (Å²) in [5.74, 6) is 1.02. The van der Waals surface area contributed by atoms with E-state index in [4.69, 9.17) is 4.74 Å². The molecule has 0 spiro atoms. The van der Waals surface area contributed by atoms with Gasteiger partial charge in [-0.1, -0.05) is 6.07 Å². The van der Waals surface area contributed by atoms with E-state index in [1.807, 2.05) is 4.90 Å². The minimum absolute atomic E-state index is 0.0288. The SMILES string of the molecule is O=C(c1cccc(Oc2cnccn2)c1)N1CCNCC1. The molecule has 2 heterocycles. The van der Waals surface area contributed by atoms with Gasteiger partial charge in [-0.2, -0.15) is 0 Å². The molecule has 108 valence electrons. The molecule has 0 atom stereocenters. The molecule has 6 heteroatoms. The van der Waals surface area contributed by atoms with Crippen LogP contribution in [0.3, 0.4) is 0 Å². The van der Waals surface area contributed by atoms with Gasteiger partial charge in [0.1, 0.15) is 5.75 Å². The summed E-state index contributed by atoms with van der Waals surface area (Å²) < 4.78 is 5.60. The first-order chi connectivity index (χ1) is 10.3. The predicted molar refractivity (Wildman–Crippen MR) is 77.3 cm³/mol. The average Bonchev–Trinajstić information content (AvgIpc) is 2.56. The summed E-state index contributed by atoms with van der Waals surface area (Å²) >= 11 is 0. The second kappa shape index (κ2) is 6.32. The van der Waals surface area contributed by atoms with E-state index in [9.17, 15) is 4.79 Å².